The van der Waals surface area contributed by atoms with Crippen molar-refractivity contribution in [1.29, 1.82) is 0 Å². The van der Waals surface area contributed by atoms with Gasteiger partial charge in [-0.25, -0.2) is 9.80 Å². The summed E-state index contributed by atoms with van der Waals surface area (Å²) in [4.78, 5) is 27.7. The van der Waals surface area contributed by atoms with Gasteiger partial charge >= 0.3 is 5.97 Å². The molecule has 2 aliphatic rings. The highest BCUT2D eigenvalue weighted by Crippen LogP contribution is 2.60. The van der Waals surface area contributed by atoms with E-state index in [0.717, 1.165) is 22.6 Å². The molecule has 0 saturated heterocycles. The van der Waals surface area contributed by atoms with Crippen molar-refractivity contribution < 1.29 is 14.3 Å². The first-order valence-electron chi connectivity index (χ1n) is 9.37. The van der Waals surface area contributed by atoms with E-state index >= 15 is 0 Å². The Bertz CT molecular complexity index is 1080. The van der Waals surface area contributed by atoms with Crippen LogP contribution in [0.1, 0.15) is 19.4 Å². The molecule has 2 heterocycles. The van der Waals surface area contributed by atoms with Gasteiger partial charge in [0.15, 0.2) is 5.78 Å². The average Bonchev–Trinajstić information content (AvgIpc) is 3.26. The minimum atomic E-state index is -0.901. The second-order valence-corrected chi connectivity index (χ2v) is 9.49. The lowest BCUT2D eigenvalue weighted by atomic mass is 10.2. The van der Waals surface area contributed by atoms with Crippen LogP contribution >= 0.6 is 23.5 Å². The maximum atomic E-state index is 12.5. The van der Waals surface area contributed by atoms with E-state index < -0.39 is 10.3 Å². The number of nitrogens with zero attached hydrogens (tertiary/aromatic N) is 3. The molecule has 0 fully saturated rings. The van der Waals surface area contributed by atoms with Crippen molar-refractivity contribution in [3.05, 3.63) is 70.8 Å². The molecule has 6 nitrogen and oxygen atoms in total. The first-order valence-corrected chi connectivity index (χ1v) is 11.0. The third-order valence-corrected chi connectivity index (χ3v) is 7.88. The molecule has 1 spiro atoms. The molecule has 154 valence electrons. The molecule has 4 rings (SSSR count). The Kier molecular flexibility index (Phi) is 5.38. The predicted octanol–water partition coefficient (Wildman–Crippen LogP) is 4.72. The summed E-state index contributed by atoms with van der Waals surface area (Å²) in [6.45, 7) is 5.49. The molecule has 0 aliphatic carbocycles. The van der Waals surface area contributed by atoms with Gasteiger partial charge in [-0.2, -0.15) is 5.10 Å². The van der Waals surface area contributed by atoms with Crippen molar-refractivity contribution in [2.45, 2.75) is 25.1 Å². The summed E-state index contributed by atoms with van der Waals surface area (Å²) in [6.07, 6.45) is 0. The number of anilines is 2. The zero-order valence-electron chi connectivity index (χ0n) is 17.1. The van der Waals surface area contributed by atoms with Gasteiger partial charge in [0.1, 0.15) is 0 Å². The van der Waals surface area contributed by atoms with Crippen LogP contribution in [0.15, 0.2) is 70.3 Å². The van der Waals surface area contributed by atoms with Crippen molar-refractivity contribution in [3.8, 4) is 0 Å². The third-order valence-electron chi connectivity index (χ3n) is 4.91. The lowest BCUT2D eigenvalue weighted by Crippen LogP contribution is -2.49. The van der Waals surface area contributed by atoms with Crippen molar-refractivity contribution in [1.82, 2.24) is 0 Å². The minimum absolute atomic E-state index is 0.0212. The van der Waals surface area contributed by atoms with Gasteiger partial charge in [-0.15, -0.1) is 0 Å². The molecule has 2 aromatic carbocycles. The molecule has 0 amide bonds. The van der Waals surface area contributed by atoms with E-state index in [4.69, 9.17) is 4.74 Å². The summed E-state index contributed by atoms with van der Waals surface area (Å²) < 4.78 is 4.07. The second kappa shape index (κ2) is 7.85. The number of aryl methyl sites for hydroxylation is 1. The van der Waals surface area contributed by atoms with E-state index in [1.54, 1.807) is 6.92 Å². The topological polar surface area (TPSA) is 62.2 Å². The molecular weight excluding hydrogens is 418 g/mol. The van der Waals surface area contributed by atoms with Gasteiger partial charge < -0.3 is 9.64 Å². The van der Waals surface area contributed by atoms with E-state index in [9.17, 15) is 9.59 Å². The van der Waals surface area contributed by atoms with Crippen LogP contribution in [0.4, 0.5) is 11.4 Å². The Morgan fingerprint density at radius 2 is 1.67 bits per heavy atom. The van der Waals surface area contributed by atoms with E-state index in [1.807, 2.05) is 73.5 Å². The van der Waals surface area contributed by atoms with Crippen LogP contribution in [0, 0.1) is 6.92 Å². The monoisotopic (exact) mass is 439 g/mol. The minimum Gasteiger partial charge on any atom is -0.464 e. The molecule has 0 unspecified atom stereocenters. The maximum Gasteiger partial charge on any atom is 0.365 e. The zero-order chi connectivity index (χ0) is 21.5. The number of benzene rings is 2. The summed E-state index contributed by atoms with van der Waals surface area (Å²) in [5.41, 5.74) is 3.60. The van der Waals surface area contributed by atoms with Gasteiger partial charge in [0.25, 0.3) is 0 Å². The number of allylic oxidation sites excluding steroid dienone is 2. The molecule has 1 atom stereocenters. The Balaban J connectivity index is 1.94. The SMILES string of the molecule is COC(=O)C1=NN(c2ccccc2C)[C@@]2(S1)SC(C(C)=O)=C(C)N2c1ccccc1. The number of ketones is 1. The number of rotatable bonds is 4. The number of carbonyl (C=O) groups excluding carboxylic acids is 2. The summed E-state index contributed by atoms with van der Waals surface area (Å²) in [5.74, 6) is -0.523. The lowest BCUT2D eigenvalue weighted by Gasteiger charge is -2.41. The first kappa shape index (κ1) is 20.6. The summed E-state index contributed by atoms with van der Waals surface area (Å²) >= 11 is 2.69. The number of carbonyl (C=O) groups is 2. The van der Waals surface area contributed by atoms with Crippen LogP contribution in [0.3, 0.4) is 0 Å². The van der Waals surface area contributed by atoms with E-state index in [-0.39, 0.29) is 10.8 Å². The van der Waals surface area contributed by atoms with Crippen LogP contribution in [0.5, 0.6) is 0 Å². The molecule has 2 aromatic rings. The van der Waals surface area contributed by atoms with Crippen molar-refractivity contribution in [3.63, 3.8) is 0 Å². The number of Topliss-reactive ketones (excluding diaryl/α,β-unsaturated/α-hetero) is 1. The predicted molar refractivity (Wildman–Crippen MR) is 123 cm³/mol. The highest BCUT2D eigenvalue weighted by Gasteiger charge is 2.58. The average molecular weight is 440 g/mol. The fraction of sp³-hybridized carbons (Fsp3) is 0.227. The molecule has 8 heteroatoms. The quantitative estimate of drug-likeness (QED) is 0.639. The van der Waals surface area contributed by atoms with Gasteiger partial charge in [-0.3, -0.25) is 4.79 Å². The number of ether oxygens (including phenoxy) is 1. The fourth-order valence-corrected chi connectivity index (χ4v) is 6.51. The Hall–Kier alpha value is -2.71. The summed E-state index contributed by atoms with van der Waals surface area (Å²) in [6, 6.07) is 17.7. The number of hydrogen-bond acceptors (Lipinski definition) is 8. The Morgan fingerprint density at radius 3 is 2.30 bits per heavy atom. The molecule has 30 heavy (non-hydrogen) atoms. The van der Waals surface area contributed by atoms with Gasteiger partial charge in [-0.1, -0.05) is 48.2 Å². The van der Waals surface area contributed by atoms with Gasteiger partial charge in [-0.05, 0) is 56.3 Å². The number of para-hydroxylation sites is 2. The normalized spacial score (nSPS) is 20.7. The molecule has 0 radical (unpaired) electrons. The van der Waals surface area contributed by atoms with Crippen molar-refractivity contribution >= 4 is 51.7 Å². The van der Waals surface area contributed by atoms with Crippen LogP contribution in [0.2, 0.25) is 0 Å². The highest BCUT2D eigenvalue weighted by atomic mass is 32.2. The standard InChI is InChI=1S/C22H21N3O3S2/c1-14-10-8-9-13-18(14)25-22(30-20(23-25)21(27)28-4)24(17-11-6-5-7-12-17)15(2)19(29-22)16(3)26/h5-13H,1-4H3/t22-/m1/s1. The van der Waals surface area contributed by atoms with Crippen LogP contribution in [-0.4, -0.2) is 28.2 Å². The van der Waals surface area contributed by atoms with Crippen molar-refractivity contribution in [2.24, 2.45) is 5.10 Å². The highest BCUT2D eigenvalue weighted by molar-refractivity contribution is 8.29. The molecule has 0 aromatic heterocycles. The van der Waals surface area contributed by atoms with Gasteiger partial charge in [0.05, 0.1) is 17.7 Å². The molecule has 0 saturated carbocycles. The van der Waals surface area contributed by atoms with Gasteiger partial charge in [0, 0.05) is 11.4 Å². The number of hydrazone groups is 1. The second-order valence-electron chi connectivity index (χ2n) is 6.89. The summed E-state index contributed by atoms with van der Waals surface area (Å²) in [7, 11) is 1.34. The molecule has 0 N–H and O–H groups in total. The van der Waals surface area contributed by atoms with E-state index in [2.05, 4.69) is 10.0 Å². The maximum absolute atomic E-state index is 12.5. The lowest BCUT2D eigenvalue weighted by molar-refractivity contribution is -0.132. The number of hydrogen-bond donors (Lipinski definition) is 0. The van der Waals surface area contributed by atoms with E-state index in [0.29, 0.717) is 4.91 Å². The first-order chi connectivity index (χ1) is 14.4. The number of methoxy groups -OCH3 is 1. The fourth-order valence-electron chi connectivity index (χ4n) is 3.55. The molecule has 0 bridgehead atoms. The smallest absolute Gasteiger partial charge is 0.365 e. The largest absolute Gasteiger partial charge is 0.464 e. The van der Waals surface area contributed by atoms with Crippen LogP contribution in [-0.2, 0) is 14.3 Å². The molecular formula is C22H21N3O3S2. The van der Waals surface area contributed by atoms with Crippen LogP contribution < -0.4 is 9.91 Å². The van der Waals surface area contributed by atoms with Gasteiger partial charge in [0.2, 0.25) is 9.37 Å². The van der Waals surface area contributed by atoms with E-state index in [1.165, 1.54) is 30.6 Å². The Labute approximate surface area is 184 Å². The van der Waals surface area contributed by atoms with Crippen LogP contribution in [0.25, 0.3) is 0 Å². The number of thioether (sulfide) groups is 2. The zero-order valence-corrected chi connectivity index (χ0v) is 18.7. The Morgan fingerprint density at radius 1 is 1.00 bits per heavy atom. The van der Waals surface area contributed by atoms with Crippen molar-refractivity contribution in [2.75, 3.05) is 17.0 Å². The molecule has 2 aliphatic heterocycles. The summed E-state index contributed by atoms with van der Waals surface area (Å²) in [5, 5.41) is 6.74. The number of esters is 1. The third kappa shape index (κ3) is 3.20.